The van der Waals surface area contributed by atoms with Crippen LogP contribution in [0.4, 0.5) is 13.2 Å². The van der Waals surface area contributed by atoms with Crippen LogP contribution in [-0.4, -0.2) is 19.8 Å². The van der Waals surface area contributed by atoms with Crippen molar-refractivity contribution in [2.45, 2.75) is 17.7 Å². The van der Waals surface area contributed by atoms with Gasteiger partial charge in [0.05, 0.1) is 4.90 Å². The normalized spacial score (nSPS) is 11.8. The van der Waals surface area contributed by atoms with Crippen LogP contribution in [0.1, 0.15) is 11.1 Å². The molecule has 0 unspecified atom stereocenters. The van der Waals surface area contributed by atoms with E-state index in [1.807, 2.05) is 0 Å². The van der Waals surface area contributed by atoms with E-state index in [0.29, 0.717) is 5.56 Å². The van der Waals surface area contributed by atoms with Gasteiger partial charge in [0.2, 0.25) is 0 Å². The number of nitrogens with one attached hydrogen (secondary N) is 1. The fourth-order valence-electron chi connectivity index (χ4n) is 1.78. The molecule has 2 aromatic rings. The molecule has 2 rings (SSSR count). The Hall–Kier alpha value is -1.96. The van der Waals surface area contributed by atoms with E-state index in [-0.39, 0.29) is 22.6 Å². The molecule has 0 spiro atoms. The summed E-state index contributed by atoms with van der Waals surface area (Å²) in [6.07, 6.45) is -2.05. The summed E-state index contributed by atoms with van der Waals surface area (Å²) in [5.41, 5.74) is 0.641. The summed E-state index contributed by atoms with van der Waals surface area (Å²) in [6.45, 7) is 0. The van der Waals surface area contributed by atoms with E-state index in [1.165, 1.54) is 30.6 Å². The highest BCUT2D eigenvalue weighted by Gasteiger charge is 2.32. The molecular weight excluding hydrogens is 295 g/mol. The first-order valence-electron chi connectivity index (χ1n) is 5.50. The van der Waals surface area contributed by atoms with E-state index in [4.69, 9.17) is 0 Å². The van der Waals surface area contributed by atoms with Gasteiger partial charge in [0.25, 0.3) is 0 Å². The maximum absolute atomic E-state index is 12.3. The Kier molecular flexibility index (Phi) is 4.03. The van der Waals surface area contributed by atoms with E-state index in [0.717, 1.165) is 0 Å². The van der Waals surface area contributed by atoms with Crippen molar-refractivity contribution < 1.29 is 26.3 Å². The van der Waals surface area contributed by atoms with Gasteiger partial charge < -0.3 is 9.72 Å². The molecule has 0 aliphatic heterocycles. The number of ether oxygens (including phenoxy) is 1. The van der Waals surface area contributed by atoms with Crippen LogP contribution in [0.2, 0.25) is 0 Å². The monoisotopic (exact) mass is 305 g/mol. The summed E-state index contributed by atoms with van der Waals surface area (Å²) in [5.74, 6) is -0.340. The lowest BCUT2D eigenvalue weighted by molar-refractivity contribution is -0.274. The number of para-hydroxylation sites is 1. The van der Waals surface area contributed by atoms with Gasteiger partial charge in [-0.25, -0.2) is 8.42 Å². The van der Waals surface area contributed by atoms with Crippen LogP contribution >= 0.6 is 0 Å². The van der Waals surface area contributed by atoms with Crippen LogP contribution in [0.15, 0.2) is 41.6 Å². The topological polar surface area (TPSA) is 59.2 Å². The number of alkyl halides is 3. The van der Waals surface area contributed by atoms with Crippen molar-refractivity contribution in [3.63, 3.8) is 0 Å². The minimum atomic E-state index is -4.79. The van der Waals surface area contributed by atoms with Crippen molar-refractivity contribution in [3.8, 4) is 5.75 Å². The van der Waals surface area contributed by atoms with Crippen LogP contribution in [0.3, 0.4) is 0 Å². The van der Waals surface area contributed by atoms with Gasteiger partial charge in [0, 0.05) is 18.8 Å². The Morgan fingerprint density at radius 1 is 1.10 bits per heavy atom. The van der Waals surface area contributed by atoms with Crippen LogP contribution in [0.5, 0.6) is 5.75 Å². The molecular formula is C12H10F3NO3S. The van der Waals surface area contributed by atoms with Crippen molar-refractivity contribution >= 4 is 10.7 Å². The number of thiol groups is 1. The lowest BCUT2D eigenvalue weighted by Crippen LogP contribution is -2.18. The Morgan fingerprint density at radius 2 is 1.80 bits per heavy atom. The quantitative estimate of drug-likeness (QED) is 0.853. The lowest BCUT2D eigenvalue weighted by atomic mass is 10.1. The number of halogens is 3. The Bertz CT molecular complexity index is 669. The first-order chi connectivity index (χ1) is 9.37. The summed E-state index contributed by atoms with van der Waals surface area (Å²) in [4.78, 5) is 2.68. The molecule has 4 nitrogen and oxygen atoms in total. The smallest absolute Gasteiger partial charge is 0.405 e. The molecule has 0 bridgehead atoms. The van der Waals surface area contributed by atoms with Gasteiger partial charge in [0.1, 0.15) is 5.75 Å². The molecule has 0 saturated heterocycles. The molecule has 0 aliphatic carbocycles. The number of rotatable bonds is 4. The summed E-state index contributed by atoms with van der Waals surface area (Å²) >= 11 is 0. The molecule has 8 heteroatoms. The zero-order chi connectivity index (χ0) is 14.8. The molecule has 1 aromatic heterocycles. The number of hydrogen-bond donors (Lipinski definition) is 2. The fourth-order valence-corrected chi connectivity index (χ4v) is 2.34. The molecule has 0 fully saturated rings. The van der Waals surface area contributed by atoms with Gasteiger partial charge in [-0.1, -0.05) is 18.2 Å². The highest BCUT2D eigenvalue weighted by Crippen LogP contribution is 2.28. The number of H-pyrrole nitrogens is 1. The number of benzene rings is 1. The number of aromatic nitrogens is 1. The highest BCUT2D eigenvalue weighted by atomic mass is 32.2. The van der Waals surface area contributed by atoms with E-state index in [1.54, 1.807) is 6.07 Å². The standard InChI is InChI=1S/C12H10F3NO3S/c13-12(14,15)19-10-4-2-1-3-8(10)5-9-6-16-7-11(9)20(17)18/h1-4,6-7,16,20H,5H2. The summed E-state index contributed by atoms with van der Waals surface area (Å²) in [6, 6.07) is 5.61. The fraction of sp³-hybridized carbons (Fsp3) is 0.167. The van der Waals surface area contributed by atoms with Crippen molar-refractivity contribution in [1.29, 1.82) is 0 Å². The minimum Gasteiger partial charge on any atom is -0.405 e. The van der Waals surface area contributed by atoms with E-state index >= 15 is 0 Å². The zero-order valence-electron chi connectivity index (χ0n) is 9.98. The van der Waals surface area contributed by atoms with Crippen LogP contribution < -0.4 is 4.74 Å². The second-order valence-electron chi connectivity index (χ2n) is 3.96. The SMILES string of the molecule is O=[SH](=O)c1c[nH]cc1Cc1ccccc1OC(F)(F)F. The minimum absolute atomic E-state index is 0.0222. The average Bonchev–Trinajstić information content (AvgIpc) is 2.78. The van der Waals surface area contributed by atoms with Gasteiger partial charge >= 0.3 is 6.36 Å². The van der Waals surface area contributed by atoms with Crippen molar-refractivity contribution in [2.24, 2.45) is 0 Å². The zero-order valence-corrected chi connectivity index (χ0v) is 10.9. The average molecular weight is 305 g/mol. The van der Waals surface area contributed by atoms with Gasteiger partial charge in [-0.3, -0.25) is 0 Å². The molecule has 20 heavy (non-hydrogen) atoms. The van der Waals surface area contributed by atoms with Gasteiger partial charge in [-0.2, -0.15) is 0 Å². The van der Waals surface area contributed by atoms with Crippen LogP contribution in [-0.2, 0) is 17.1 Å². The first-order valence-corrected chi connectivity index (χ1v) is 6.68. The largest absolute Gasteiger partial charge is 0.573 e. The maximum Gasteiger partial charge on any atom is 0.573 e. The van der Waals surface area contributed by atoms with E-state index in [2.05, 4.69) is 9.72 Å². The van der Waals surface area contributed by atoms with Crippen molar-refractivity contribution in [2.75, 3.05) is 0 Å². The molecule has 0 radical (unpaired) electrons. The third-order valence-corrected chi connectivity index (χ3v) is 3.39. The van der Waals surface area contributed by atoms with Gasteiger partial charge in [0.15, 0.2) is 10.7 Å². The summed E-state index contributed by atoms with van der Waals surface area (Å²) < 4.78 is 62.8. The maximum atomic E-state index is 12.3. The Labute approximate surface area is 114 Å². The predicted molar refractivity (Wildman–Crippen MR) is 65.3 cm³/mol. The lowest BCUT2D eigenvalue weighted by Gasteiger charge is -2.12. The number of aromatic amines is 1. The molecule has 0 saturated carbocycles. The molecule has 0 aliphatic rings. The Morgan fingerprint density at radius 3 is 2.45 bits per heavy atom. The van der Waals surface area contributed by atoms with Crippen LogP contribution in [0.25, 0.3) is 0 Å². The molecule has 1 heterocycles. The third kappa shape index (κ3) is 3.53. The highest BCUT2D eigenvalue weighted by molar-refractivity contribution is 7.72. The molecule has 0 atom stereocenters. The van der Waals surface area contributed by atoms with Gasteiger partial charge in [-0.15, -0.1) is 13.2 Å². The second kappa shape index (κ2) is 5.58. The van der Waals surface area contributed by atoms with Gasteiger partial charge in [-0.05, 0) is 17.2 Å². The second-order valence-corrected chi connectivity index (χ2v) is 4.95. The summed E-state index contributed by atoms with van der Waals surface area (Å²) in [7, 11) is -2.81. The van der Waals surface area contributed by atoms with Crippen LogP contribution in [0, 0.1) is 0 Å². The van der Waals surface area contributed by atoms with Crippen molar-refractivity contribution in [1.82, 2.24) is 4.98 Å². The number of hydrogen-bond acceptors (Lipinski definition) is 3. The molecule has 1 N–H and O–H groups in total. The molecule has 0 amide bonds. The Balaban J connectivity index is 2.32. The third-order valence-electron chi connectivity index (χ3n) is 2.58. The summed E-state index contributed by atoms with van der Waals surface area (Å²) in [5, 5.41) is 0. The van der Waals surface area contributed by atoms with E-state index < -0.39 is 17.1 Å². The first kappa shape index (κ1) is 14.4. The molecule has 1 aromatic carbocycles. The van der Waals surface area contributed by atoms with Crippen molar-refractivity contribution in [3.05, 3.63) is 47.8 Å². The predicted octanol–water partition coefficient (Wildman–Crippen LogP) is 2.47. The molecule has 108 valence electrons. The van der Waals surface area contributed by atoms with E-state index in [9.17, 15) is 21.6 Å².